The number of rotatable bonds is 5. The molecule has 1 aromatic rings. The predicted molar refractivity (Wildman–Crippen MR) is 79.3 cm³/mol. The van der Waals surface area contributed by atoms with Crippen LogP contribution in [0.4, 0.5) is 0 Å². The van der Waals surface area contributed by atoms with Gasteiger partial charge in [-0.1, -0.05) is 24.6 Å². The van der Waals surface area contributed by atoms with Crippen molar-refractivity contribution in [3.63, 3.8) is 0 Å². The summed E-state index contributed by atoms with van der Waals surface area (Å²) in [6.07, 6.45) is 1.29. The number of carbonyl (C=O) groups excluding carboxylic acids is 1. The molecule has 0 saturated carbocycles. The number of sulfonamides is 1. The molecule has 1 saturated heterocycles. The lowest BCUT2D eigenvalue weighted by atomic mass is 10.1. The van der Waals surface area contributed by atoms with E-state index < -0.39 is 10.0 Å². The lowest BCUT2D eigenvalue weighted by molar-refractivity contribution is -0.147. The molecule has 1 atom stereocenters. The summed E-state index contributed by atoms with van der Waals surface area (Å²) in [6, 6.07) is 6.76. The Balaban J connectivity index is 2.06. The minimum absolute atomic E-state index is 0.207. The second-order valence-corrected chi connectivity index (χ2v) is 7.27. The topological polar surface area (TPSA) is 63.7 Å². The minimum Gasteiger partial charge on any atom is -0.465 e. The molecular weight excluding hydrogens is 290 g/mol. The van der Waals surface area contributed by atoms with Gasteiger partial charge < -0.3 is 4.74 Å². The van der Waals surface area contributed by atoms with Crippen LogP contribution in [-0.4, -0.2) is 38.4 Å². The van der Waals surface area contributed by atoms with Gasteiger partial charge >= 0.3 is 5.97 Å². The molecule has 0 aliphatic carbocycles. The fraction of sp³-hybridized carbons (Fsp3) is 0.533. The Morgan fingerprint density at radius 2 is 2.00 bits per heavy atom. The standard InChI is InChI=1S/C15H21NO4S/c1-3-10-20-15(17)13-8-9-16(11-13)21(18,19)14-6-4-12(2)5-7-14/h4-7,13H,3,8-11H2,1-2H3. The van der Waals surface area contributed by atoms with E-state index in [1.807, 2.05) is 13.8 Å². The van der Waals surface area contributed by atoms with Gasteiger partial charge in [0, 0.05) is 13.1 Å². The molecule has 0 aromatic heterocycles. The number of aryl methyl sites for hydroxylation is 1. The summed E-state index contributed by atoms with van der Waals surface area (Å²) in [7, 11) is -3.52. The molecule has 0 bridgehead atoms. The molecule has 0 amide bonds. The fourth-order valence-corrected chi connectivity index (χ4v) is 3.82. The van der Waals surface area contributed by atoms with Gasteiger partial charge in [-0.3, -0.25) is 4.79 Å². The summed E-state index contributed by atoms with van der Waals surface area (Å²) in [6.45, 7) is 4.79. The summed E-state index contributed by atoms with van der Waals surface area (Å²) in [5, 5.41) is 0. The molecule has 0 spiro atoms. The molecule has 21 heavy (non-hydrogen) atoms. The molecule has 1 fully saturated rings. The second-order valence-electron chi connectivity index (χ2n) is 5.33. The Labute approximate surface area is 126 Å². The van der Waals surface area contributed by atoms with Crippen LogP contribution in [0, 0.1) is 12.8 Å². The lowest BCUT2D eigenvalue weighted by Gasteiger charge is -2.16. The highest BCUT2D eigenvalue weighted by atomic mass is 32.2. The Kier molecular flexibility index (Phi) is 5.00. The van der Waals surface area contributed by atoms with Gasteiger partial charge in [-0.15, -0.1) is 0 Å². The van der Waals surface area contributed by atoms with E-state index in [1.54, 1.807) is 24.3 Å². The van der Waals surface area contributed by atoms with Crippen molar-refractivity contribution in [1.29, 1.82) is 0 Å². The van der Waals surface area contributed by atoms with E-state index in [0.717, 1.165) is 12.0 Å². The first-order chi connectivity index (χ1) is 9.95. The zero-order chi connectivity index (χ0) is 15.5. The van der Waals surface area contributed by atoms with Gasteiger partial charge in [-0.25, -0.2) is 8.42 Å². The minimum atomic E-state index is -3.52. The molecule has 1 heterocycles. The highest BCUT2D eigenvalue weighted by Crippen LogP contribution is 2.25. The van der Waals surface area contributed by atoms with E-state index >= 15 is 0 Å². The average molecular weight is 311 g/mol. The van der Waals surface area contributed by atoms with Crippen molar-refractivity contribution in [3.8, 4) is 0 Å². The summed E-state index contributed by atoms with van der Waals surface area (Å²) >= 11 is 0. The van der Waals surface area contributed by atoms with Crippen LogP contribution in [0.2, 0.25) is 0 Å². The second kappa shape index (κ2) is 6.58. The average Bonchev–Trinajstić information content (AvgIpc) is 2.96. The molecule has 116 valence electrons. The molecule has 0 radical (unpaired) electrons. The van der Waals surface area contributed by atoms with Gasteiger partial charge in [-0.2, -0.15) is 4.31 Å². The van der Waals surface area contributed by atoms with Crippen molar-refractivity contribution in [2.75, 3.05) is 19.7 Å². The lowest BCUT2D eigenvalue weighted by Crippen LogP contribution is -2.30. The van der Waals surface area contributed by atoms with E-state index in [-0.39, 0.29) is 23.3 Å². The number of carbonyl (C=O) groups is 1. The zero-order valence-corrected chi connectivity index (χ0v) is 13.2. The van der Waals surface area contributed by atoms with Crippen LogP contribution in [0.15, 0.2) is 29.2 Å². The maximum atomic E-state index is 12.5. The maximum Gasteiger partial charge on any atom is 0.310 e. The number of hydrogen-bond acceptors (Lipinski definition) is 4. The maximum absolute atomic E-state index is 12.5. The van der Waals surface area contributed by atoms with E-state index in [9.17, 15) is 13.2 Å². The van der Waals surface area contributed by atoms with Crippen LogP contribution in [0.25, 0.3) is 0 Å². The molecule has 1 unspecified atom stereocenters. The number of benzene rings is 1. The number of hydrogen-bond donors (Lipinski definition) is 0. The van der Waals surface area contributed by atoms with Gasteiger partial charge in [0.15, 0.2) is 0 Å². The quantitative estimate of drug-likeness (QED) is 0.780. The molecule has 1 aliphatic heterocycles. The van der Waals surface area contributed by atoms with Gasteiger partial charge in [0.05, 0.1) is 17.4 Å². The third-order valence-corrected chi connectivity index (χ3v) is 5.47. The van der Waals surface area contributed by atoms with Crippen LogP contribution in [0.5, 0.6) is 0 Å². The predicted octanol–water partition coefficient (Wildman–Crippen LogP) is 1.96. The summed E-state index contributed by atoms with van der Waals surface area (Å²) in [5.74, 6) is -0.643. The van der Waals surface area contributed by atoms with Gasteiger partial charge in [0.25, 0.3) is 0 Å². The summed E-state index contributed by atoms with van der Waals surface area (Å²) in [5.41, 5.74) is 1.01. The molecule has 1 aromatic carbocycles. The van der Waals surface area contributed by atoms with E-state index in [4.69, 9.17) is 4.74 Å². The Morgan fingerprint density at radius 3 is 2.62 bits per heavy atom. The van der Waals surface area contributed by atoms with Crippen LogP contribution in [0.3, 0.4) is 0 Å². The van der Waals surface area contributed by atoms with E-state index in [0.29, 0.717) is 19.6 Å². The zero-order valence-electron chi connectivity index (χ0n) is 12.4. The Morgan fingerprint density at radius 1 is 1.33 bits per heavy atom. The van der Waals surface area contributed by atoms with E-state index in [1.165, 1.54) is 4.31 Å². The third-order valence-electron chi connectivity index (χ3n) is 3.59. The highest BCUT2D eigenvalue weighted by Gasteiger charge is 2.36. The van der Waals surface area contributed by atoms with Crippen molar-refractivity contribution >= 4 is 16.0 Å². The SMILES string of the molecule is CCCOC(=O)C1CCN(S(=O)(=O)c2ccc(C)cc2)C1. The largest absolute Gasteiger partial charge is 0.465 e. The molecule has 0 N–H and O–H groups in total. The van der Waals surface area contributed by atoms with Crippen LogP contribution < -0.4 is 0 Å². The molecule has 1 aliphatic rings. The summed E-state index contributed by atoms with van der Waals surface area (Å²) < 4.78 is 31.5. The van der Waals surface area contributed by atoms with Crippen LogP contribution >= 0.6 is 0 Å². The normalized spacial score (nSPS) is 19.6. The van der Waals surface area contributed by atoms with Crippen molar-refractivity contribution in [1.82, 2.24) is 4.31 Å². The van der Waals surface area contributed by atoms with Gasteiger partial charge in [0.1, 0.15) is 0 Å². The van der Waals surface area contributed by atoms with Gasteiger partial charge in [0.2, 0.25) is 10.0 Å². The van der Waals surface area contributed by atoms with Crippen molar-refractivity contribution in [2.45, 2.75) is 31.6 Å². The first-order valence-electron chi connectivity index (χ1n) is 7.18. The summed E-state index contributed by atoms with van der Waals surface area (Å²) in [4.78, 5) is 12.1. The van der Waals surface area contributed by atoms with Crippen LogP contribution in [0.1, 0.15) is 25.3 Å². The van der Waals surface area contributed by atoms with Crippen molar-refractivity contribution in [2.24, 2.45) is 5.92 Å². The molecular formula is C15H21NO4S. The smallest absolute Gasteiger partial charge is 0.310 e. The first kappa shape index (κ1) is 16.0. The molecule has 5 nitrogen and oxygen atoms in total. The van der Waals surface area contributed by atoms with Crippen molar-refractivity contribution in [3.05, 3.63) is 29.8 Å². The Hall–Kier alpha value is -1.40. The number of nitrogens with zero attached hydrogens (tertiary/aromatic N) is 1. The van der Waals surface area contributed by atoms with Crippen molar-refractivity contribution < 1.29 is 17.9 Å². The monoisotopic (exact) mass is 311 g/mol. The molecule has 2 rings (SSSR count). The highest BCUT2D eigenvalue weighted by molar-refractivity contribution is 7.89. The third kappa shape index (κ3) is 3.63. The molecule has 6 heteroatoms. The Bertz CT molecular complexity index is 595. The number of esters is 1. The number of ether oxygens (including phenoxy) is 1. The van der Waals surface area contributed by atoms with Gasteiger partial charge in [-0.05, 0) is 31.9 Å². The van der Waals surface area contributed by atoms with E-state index in [2.05, 4.69) is 0 Å². The fourth-order valence-electron chi connectivity index (χ4n) is 2.32. The first-order valence-corrected chi connectivity index (χ1v) is 8.62. The van der Waals surface area contributed by atoms with Crippen LogP contribution in [-0.2, 0) is 19.6 Å².